The van der Waals surface area contributed by atoms with E-state index in [1.54, 1.807) is 13.2 Å². The van der Waals surface area contributed by atoms with Gasteiger partial charge in [0.1, 0.15) is 17.2 Å². The number of hydrogen-bond acceptors (Lipinski definition) is 5. The van der Waals surface area contributed by atoms with Crippen LogP contribution >= 0.6 is 0 Å². The average Bonchev–Trinajstić information content (AvgIpc) is 3.21. The summed E-state index contributed by atoms with van der Waals surface area (Å²) in [6, 6.07) is 21.3. The fourth-order valence-electron chi connectivity index (χ4n) is 5.31. The summed E-state index contributed by atoms with van der Waals surface area (Å²) in [5.74, 6) is 1.14. The smallest absolute Gasteiger partial charge is 0.318 e. The summed E-state index contributed by atoms with van der Waals surface area (Å²) in [7, 11) is 1.58. The van der Waals surface area contributed by atoms with E-state index in [0.717, 1.165) is 34.7 Å². The first-order valence-electron chi connectivity index (χ1n) is 13.2. The standard InChI is InChI=1S/C32H39N3O3/c1-8-24(22-14-10-9-11-15-22)30(36)38-25-18-17-23(20-26(25)37-7)28-29(34-32(5,6)21-31(2,3)4)35-19-13-12-16-27(35)33-28/h9-20,24,34H,8,21H2,1-7H3. The molecule has 0 saturated carbocycles. The molecule has 0 bridgehead atoms. The fraction of sp³-hybridized carbons (Fsp3) is 0.375. The van der Waals surface area contributed by atoms with Crippen LogP contribution in [0.1, 0.15) is 65.9 Å². The monoisotopic (exact) mass is 513 g/mol. The predicted molar refractivity (Wildman–Crippen MR) is 154 cm³/mol. The van der Waals surface area contributed by atoms with E-state index >= 15 is 0 Å². The number of nitrogens with one attached hydrogen (secondary N) is 1. The molecule has 4 aromatic rings. The highest BCUT2D eigenvalue weighted by molar-refractivity contribution is 5.82. The Hall–Kier alpha value is -3.80. The molecular weight excluding hydrogens is 474 g/mol. The highest BCUT2D eigenvalue weighted by Gasteiger charge is 2.28. The number of ether oxygens (including phenoxy) is 2. The van der Waals surface area contributed by atoms with Crippen LogP contribution in [0.5, 0.6) is 11.5 Å². The molecule has 0 aliphatic rings. The molecule has 0 fully saturated rings. The number of fused-ring (bicyclic) bond motifs is 1. The topological polar surface area (TPSA) is 64.9 Å². The molecule has 0 saturated heterocycles. The van der Waals surface area contributed by atoms with Crippen LogP contribution in [-0.4, -0.2) is 28.0 Å². The third-order valence-corrected chi connectivity index (χ3v) is 6.50. The molecule has 0 aliphatic heterocycles. The van der Waals surface area contributed by atoms with Gasteiger partial charge in [-0.1, -0.05) is 64.1 Å². The molecule has 1 unspecified atom stereocenters. The number of nitrogens with zero attached hydrogens (tertiary/aromatic N) is 2. The van der Waals surface area contributed by atoms with Gasteiger partial charge in [-0.05, 0) is 68.0 Å². The summed E-state index contributed by atoms with van der Waals surface area (Å²) < 4.78 is 13.6. The van der Waals surface area contributed by atoms with E-state index in [0.29, 0.717) is 17.9 Å². The van der Waals surface area contributed by atoms with E-state index in [-0.39, 0.29) is 22.8 Å². The zero-order valence-electron chi connectivity index (χ0n) is 23.5. The molecule has 2 aromatic carbocycles. The number of pyridine rings is 1. The first kappa shape index (κ1) is 27.2. The quantitative estimate of drug-likeness (QED) is 0.183. The Morgan fingerprint density at radius 1 is 0.974 bits per heavy atom. The number of carbonyl (C=O) groups excluding carboxylic acids is 1. The second-order valence-electron chi connectivity index (χ2n) is 11.6. The largest absolute Gasteiger partial charge is 0.493 e. The summed E-state index contributed by atoms with van der Waals surface area (Å²) in [6.07, 6.45) is 3.63. The van der Waals surface area contributed by atoms with Crippen LogP contribution in [0.3, 0.4) is 0 Å². The van der Waals surface area contributed by atoms with Gasteiger partial charge in [0.05, 0.1) is 13.0 Å². The highest BCUT2D eigenvalue weighted by atomic mass is 16.6. The van der Waals surface area contributed by atoms with Gasteiger partial charge in [-0.3, -0.25) is 9.20 Å². The molecule has 1 N–H and O–H groups in total. The number of benzene rings is 2. The lowest BCUT2D eigenvalue weighted by molar-refractivity contribution is -0.136. The molecule has 0 amide bonds. The maximum absolute atomic E-state index is 13.1. The normalized spacial score (nSPS) is 12.8. The van der Waals surface area contributed by atoms with E-state index in [9.17, 15) is 4.79 Å². The van der Waals surface area contributed by atoms with Crippen molar-refractivity contribution in [1.29, 1.82) is 0 Å². The predicted octanol–water partition coefficient (Wildman–Crippen LogP) is 7.74. The summed E-state index contributed by atoms with van der Waals surface area (Å²) in [4.78, 5) is 18.1. The van der Waals surface area contributed by atoms with Crippen LogP contribution in [0.15, 0.2) is 72.9 Å². The molecule has 2 aromatic heterocycles. The van der Waals surface area contributed by atoms with Crippen molar-refractivity contribution in [3.05, 3.63) is 78.5 Å². The lowest BCUT2D eigenvalue weighted by Crippen LogP contribution is -2.36. The molecule has 6 nitrogen and oxygen atoms in total. The number of hydrogen-bond donors (Lipinski definition) is 1. The Morgan fingerprint density at radius 2 is 1.68 bits per heavy atom. The van der Waals surface area contributed by atoms with Gasteiger partial charge >= 0.3 is 5.97 Å². The maximum atomic E-state index is 13.1. The Labute approximate surface area is 226 Å². The molecule has 0 aliphatic carbocycles. The molecule has 6 heteroatoms. The molecule has 2 heterocycles. The van der Waals surface area contributed by atoms with E-state index < -0.39 is 0 Å². The van der Waals surface area contributed by atoms with Crippen LogP contribution in [-0.2, 0) is 4.79 Å². The van der Waals surface area contributed by atoms with Gasteiger partial charge in [0.25, 0.3) is 0 Å². The summed E-state index contributed by atoms with van der Waals surface area (Å²) in [5.41, 5.74) is 3.45. The number of methoxy groups -OCH3 is 1. The van der Waals surface area contributed by atoms with Crippen molar-refractivity contribution in [1.82, 2.24) is 9.38 Å². The Bertz CT molecular complexity index is 1400. The zero-order valence-corrected chi connectivity index (χ0v) is 23.5. The number of carbonyl (C=O) groups is 1. The van der Waals surface area contributed by atoms with E-state index in [1.807, 2.05) is 73.8 Å². The van der Waals surface area contributed by atoms with Crippen LogP contribution in [0, 0.1) is 5.41 Å². The summed E-state index contributed by atoms with van der Waals surface area (Å²) in [5, 5.41) is 3.76. The molecule has 0 radical (unpaired) electrons. The Balaban J connectivity index is 1.69. The van der Waals surface area contributed by atoms with Gasteiger partial charge in [-0.25, -0.2) is 4.98 Å². The Morgan fingerprint density at radius 3 is 2.34 bits per heavy atom. The van der Waals surface area contributed by atoms with Crippen molar-refractivity contribution >= 4 is 17.4 Å². The number of rotatable bonds is 9. The third-order valence-electron chi connectivity index (χ3n) is 6.50. The van der Waals surface area contributed by atoms with E-state index in [4.69, 9.17) is 14.5 Å². The van der Waals surface area contributed by atoms with Crippen LogP contribution in [0.4, 0.5) is 5.82 Å². The van der Waals surface area contributed by atoms with Crippen molar-refractivity contribution in [2.24, 2.45) is 5.41 Å². The van der Waals surface area contributed by atoms with Gasteiger partial charge < -0.3 is 14.8 Å². The lowest BCUT2D eigenvalue weighted by Gasteiger charge is -2.34. The highest BCUT2D eigenvalue weighted by Crippen LogP contribution is 2.38. The van der Waals surface area contributed by atoms with E-state index in [1.165, 1.54) is 0 Å². The van der Waals surface area contributed by atoms with Crippen LogP contribution < -0.4 is 14.8 Å². The first-order valence-corrected chi connectivity index (χ1v) is 13.2. The van der Waals surface area contributed by atoms with Gasteiger partial charge in [0.15, 0.2) is 11.5 Å². The molecular formula is C32H39N3O3. The van der Waals surface area contributed by atoms with Gasteiger partial charge in [0, 0.05) is 17.3 Å². The third kappa shape index (κ3) is 6.18. The minimum Gasteiger partial charge on any atom is -0.493 e. The van der Waals surface area contributed by atoms with Gasteiger partial charge in [-0.2, -0.15) is 0 Å². The van der Waals surface area contributed by atoms with Gasteiger partial charge in [0.2, 0.25) is 0 Å². The molecule has 4 rings (SSSR count). The Kier molecular flexibility index (Phi) is 7.81. The molecule has 1 atom stereocenters. The second-order valence-corrected chi connectivity index (χ2v) is 11.6. The summed E-state index contributed by atoms with van der Waals surface area (Å²) >= 11 is 0. The van der Waals surface area contributed by atoms with E-state index in [2.05, 4.69) is 44.3 Å². The zero-order chi connectivity index (χ0) is 27.5. The van der Waals surface area contributed by atoms with Crippen molar-refractivity contribution in [3.63, 3.8) is 0 Å². The van der Waals surface area contributed by atoms with Crippen molar-refractivity contribution in [3.8, 4) is 22.8 Å². The number of aromatic nitrogens is 2. The summed E-state index contributed by atoms with van der Waals surface area (Å²) in [6.45, 7) is 13.2. The minimum absolute atomic E-state index is 0.155. The fourth-order valence-corrected chi connectivity index (χ4v) is 5.31. The van der Waals surface area contributed by atoms with Gasteiger partial charge in [-0.15, -0.1) is 0 Å². The first-order chi connectivity index (χ1) is 18.0. The lowest BCUT2D eigenvalue weighted by atomic mass is 9.82. The van der Waals surface area contributed by atoms with Crippen molar-refractivity contribution in [2.75, 3.05) is 12.4 Å². The number of imidazole rings is 1. The van der Waals surface area contributed by atoms with Crippen LogP contribution in [0.25, 0.3) is 16.9 Å². The number of anilines is 1. The molecule has 0 spiro atoms. The number of esters is 1. The van der Waals surface area contributed by atoms with Crippen molar-refractivity contribution < 1.29 is 14.3 Å². The second kappa shape index (κ2) is 10.9. The molecule has 38 heavy (non-hydrogen) atoms. The van der Waals surface area contributed by atoms with Crippen LogP contribution in [0.2, 0.25) is 0 Å². The average molecular weight is 514 g/mol. The minimum atomic E-state index is -0.347. The maximum Gasteiger partial charge on any atom is 0.318 e. The SMILES string of the molecule is CCC(C(=O)Oc1ccc(-c2nc3ccccn3c2NC(C)(C)CC(C)(C)C)cc1OC)c1ccccc1. The molecule has 200 valence electrons. The van der Waals surface area contributed by atoms with Crippen molar-refractivity contribution in [2.45, 2.75) is 65.8 Å².